The molecular weight excluding hydrogens is 286 g/mol. The fraction of sp³-hybridized carbons (Fsp3) is 0.350. The second-order valence-electron chi connectivity index (χ2n) is 6.58. The van der Waals surface area contributed by atoms with Gasteiger partial charge in [0.15, 0.2) is 0 Å². The summed E-state index contributed by atoms with van der Waals surface area (Å²) in [5.74, 6) is 0.878. The topological polar surface area (TPSA) is 38.3 Å². The van der Waals surface area contributed by atoms with Crippen LogP contribution < -0.4 is 10.1 Å². The third-order valence-electron chi connectivity index (χ3n) is 3.35. The van der Waals surface area contributed by atoms with Crippen molar-refractivity contribution in [2.45, 2.75) is 45.8 Å². The van der Waals surface area contributed by atoms with Crippen molar-refractivity contribution in [3.05, 3.63) is 65.7 Å². The molecule has 23 heavy (non-hydrogen) atoms. The number of nitrogens with one attached hydrogen (secondary N) is 1. The van der Waals surface area contributed by atoms with Crippen LogP contribution in [0, 0.1) is 0 Å². The van der Waals surface area contributed by atoms with Crippen LogP contribution in [-0.4, -0.2) is 11.5 Å². The Morgan fingerprint density at radius 1 is 1.00 bits per heavy atom. The summed E-state index contributed by atoms with van der Waals surface area (Å²) >= 11 is 0. The molecule has 1 amide bonds. The van der Waals surface area contributed by atoms with Crippen molar-refractivity contribution in [2.24, 2.45) is 0 Å². The molecule has 122 valence electrons. The van der Waals surface area contributed by atoms with Crippen LogP contribution in [0.2, 0.25) is 0 Å². The molecule has 0 aromatic heterocycles. The van der Waals surface area contributed by atoms with E-state index in [4.69, 9.17) is 4.74 Å². The number of carbonyl (C=O) groups is 1. The van der Waals surface area contributed by atoms with Crippen LogP contribution in [0.4, 0.5) is 0 Å². The van der Waals surface area contributed by atoms with Gasteiger partial charge in [0.2, 0.25) is 5.91 Å². The number of rotatable bonds is 6. The van der Waals surface area contributed by atoms with Crippen molar-refractivity contribution < 1.29 is 9.53 Å². The minimum atomic E-state index is -0.257. The fourth-order valence-electron chi connectivity index (χ4n) is 2.26. The Hall–Kier alpha value is -2.29. The van der Waals surface area contributed by atoms with Crippen molar-refractivity contribution >= 4 is 5.91 Å². The zero-order chi connectivity index (χ0) is 16.7. The first kappa shape index (κ1) is 17.1. The maximum atomic E-state index is 12.0. The van der Waals surface area contributed by atoms with Gasteiger partial charge in [-0.3, -0.25) is 4.79 Å². The molecule has 2 rings (SSSR count). The van der Waals surface area contributed by atoms with Crippen LogP contribution in [0.15, 0.2) is 54.6 Å². The van der Waals surface area contributed by atoms with Gasteiger partial charge in [-0.05, 0) is 38.8 Å². The van der Waals surface area contributed by atoms with Crippen molar-refractivity contribution in [1.82, 2.24) is 5.32 Å². The number of amides is 1. The van der Waals surface area contributed by atoms with Gasteiger partial charge in [-0.25, -0.2) is 0 Å². The van der Waals surface area contributed by atoms with E-state index in [1.807, 2.05) is 75.4 Å². The molecular formula is C20H25NO2. The summed E-state index contributed by atoms with van der Waals surface area (Å²) in [5, 5.41) is 2.98. The predicted octanol–water partition coefficient (Wildman–Crippen LogP) is 4.11. The van der Waals surface area contributed by atoms with E-state index in [2.05, 4.69) is 5.32 Å². The average molecular weight is 311 g/mol. The highest BCUT2D eigenvalue weighted by Crippen LogP contribution is 2.22. The van der Waals surface area contributed by atoms with Gasteiger partial charge in [-0.2, -0.15) is 0 Å². The lowest BCUT2D eigenvalue weighted by molar-refractivity contribution is -0.121. The molecule has 0 saturated carbocycles. The summed E-state index contributed by atoms with van der Waals surface area (Å²) in [5.41, 5.74) is 1.92. The van der Waals surface area contributed by atoms with E-state index >= 15 is 0 Å². The van der Waals surface area contributed by atoms with Crippen molar-refractivity contribution in [2.75, 3.05) is 0 Å². The Bertz CT molecular complexity index is 630. The molecule has 0 aliphatic carbocycles. The van der Waals surface area contributed by atoms with Crippen LogP contribution >= 0.6 is 0 Å². The van der Waals surface area contributed by atoms with E-state index in [0.717, 1.165) is 17.7 Å². The Labute approximate surface area is 138 Å². The van der Waals surface area contributed by atoms with E-state index in [-0.39, 0.29) is 11.5 Å². The van der Waals surface area contributed by atoms with E-state index < -0.39 is 0 Å². The van der Waals surface area contributed by atoms with Crippen LogP contribution in [0.1, 0.15) is 38.3 Å². The lowest BCUT2D eigenvalue weighted by atomic mass is 10.1. The summed E-state index contributed by atoms with van der Waals surface area (Å²) in [4.78, 5) is 12.0. The summed E-state index contributed by atoms with van der Waals surface area (Å²) in [7, 11) is 0. The van der Waals surface area contributed by atoms with E-state index in [9.17, 15) is 4.79 Å². The highest BCUT2D eigenvalue weighted by atomic mass is 16.5. The highest BCUT2D eigenvalue weighted by Gasteiger charge is 2.14. The quantitative estimate of drug-likeness (QED) is 0.871. The van der Waals surface area contributed by atoms with Gasteiger partial charge in [0.1, 0.15) is 11.4 Å². The second-order valence-corrected chi connectivity index (χ2v) is 6.58. The molecule has 0 spiro atoms. The minimum Gasteiger partial charge on any atom is -0.488 e. The highest BCUT2D eigenvalue weighted by molar-refractivity contribution is 5.76. The molecule has 1 N–H and O–H groups in total. The number of hydrogen-bond donors (Lipinski definition) is 1. The molecule has 3 heteroatoms. The summed E-state index contributed by atoms with van der Waals surface area (Å²) in [6.45, 7) is 6.53. The van der Waals surface area contributed by atoms with Gasteiger partial charge < -0.3 is 10.1 Å². The summed E-state index contributed by atoms with van der Waals surface area (Å²) in [6, 6.07) is 17.9. The first-order valence-corrected chi connectivity index (χ1v) is 8.01. The van der Waals surface area contributed by atoms with Crippen molar-refractivity contribution in [3.63, 3.8) is 0 Å². The Morgan fingerprint density at radius 2 is 1.65 bits per heavy atom. The molecule has 0 bridgehead atoms. The Kier molecular flexibility index (Phi) is 5.80. The SMILES string of the molecule is CC(C)(C)Oc1ccccc1CNC(=O)CCc1ccccc1. The first-order valence-electron chi connectivity index (χ1n) is 8.01. The molecule has 0 unspecified atom stereocenters. The molecule has 0 radical (unpaired) electrons. The average Bonchev–Trinajstić information content (AvgIpc) is 2.51. The monoisotopic (exact) mass is 311 g/mol. The predicted molar refractivity (Wildman–Crippen MR) is 93.4 cm³/mol. The van der Waals surface area contributed by atoms with Gasteiger partial charge in [0.05, 0.1) is 0 Å². The van der Waals surface area contributed by atoms with Crippen molar-refractivity contribution in [3.8, 4) is 5.75 Å². The van der Waals surface area contributed by atoms with Crippen LogP contribution in [0.5, 0.6) is 5.75 Å². The number of carbonyl (C=O) groups excluding carboxylic acids is 1. The largest absolute Gasteiger partial charge is 0.488 e. The number of para-hydroxylation sites is 1. The van der Waals surface area contributed by atoms with Gasteiger partial charge in [-0.1, -0.05) is 48.5 Å². The van der Waals surface area contributed by atoms with Gasteiger partial charge in [0.25, 0.3) is 0 Å². The second kappa shape index (κ2) is 7.82. The van der Waals surface area contributed by atoms with Crippen molar-refractivity contribution in [1.29, 1.82) is 0 Å². The van der Waals surface area contributed by atoms with Crippen LogP contribution in [0.3, 0.4) is 0 Å². The maximum absolute atomic E-state index is 12.0. The lowest BCUT2D eigenvalue weighted by Gasteiger charge is -2.23. The molecule has 0 atom stereocenters. The normalized spacial score (nSPS) is 11.1. The third-order valence-corrected chi connectivity index (χ3v) is 3.35. The molecule has 0 fully saturated rings. The zero-order valence-corrected chi connectivity index (χ0v) is 14.1. The van der Waals surface area contributed by atoms with Crippen LogP contribution in [0.25, 0.3) is 0 Å². The smallest absolute Gasteiger partial charge is 0.220 e. The van der Waals surface area contributed by atoms with E-state index in [1.165, 1.54) is 5.56 Å². The van der Waals surface area contributed by atoms with Gasteiger partial charge in [0, 0.05) is 18.5 Å². The Morgan fingerprint density at radius 3 is 2.35 bits per heavy atom. The molecule has 3 nitrogen and oxygen atoms in total. The minimum absolute atomic E-state index is 0.0550. The Balaban J connectivity index is 1.87. The molecule has 0 aliphatic rings. The first-order chi connectivity index (χ1) is 10.9. The lowest BCUT2D eigenvalue weighted by Crippen LogP contribution is -2.26. The molecule has 0 aliphatic heterocycles. The van der Waals surface area contributed by atoms with Gasteiger partial charge >= 0.3 is 0 Å². The number of hydrogen-bond acceptors (Lipinski definition) is 2. The zero-order valence-electron chi connectivity index (χ0n) is 14.1. The number of ether oxygens (including phenoxy) is 1. The molecule has 0 heterocycles. The standard InChI is InChI=1S/C20H25NO2/c1-20(2,3)23-18-12-8-7-11-17(18)15-21-19(22)14-13-16-9-5-4-6-10-16/h4-12H,13-15H2,1-3H3,(H,21,22). The van der Waals surface area contributed by atoms with Gasteiger partial charge in [-0.15, -0.1) is 0 Å². The number of aryl methyl sites for hydroxylation is 1. The molecule has 2 aromatic rings. The summed E-state index contributed by atoms with van der Waals surface area (Å²) in [6.07, 6.45) is 1.25. The maximum Gasteiger partial charge on any atom is 0.220 e. The molecule has 0 saturated heterocycles. The fourth-order valence-corrected chi connectivity index (χ4v) is 2.26. The number of benzene rings is 2. The van der Waals surface area contributed by atoms with Crippen LogP contribution in [-0.2, 0) is 17.8 Å². The molecule has 2 aromatic carbocycles. The summed E-state index contributed by atoms with van der Waals surface area (Å²) < 4.78 is 5.94. The van der Waals surface area contributed by atoms with E-state index in [0.29, 0.717) is 13.0 Å². The van der Waals surface area contributed by atoms with E-state index in [1.54, 1.807) is 0 Å². The third kappa shape index (κ3) is 6.15.